The van der Waals surface area contributed by atoms with Gasteiger partial charge in [-0.15, -0.1) is 0 Å². The number of carbonyl (C=O) groups is 2. The van der Waals surface area contributed by atoms with Crippen molar-refractivity contribution in [1.29, 1.82) is 0 Å². The number of benzene rings is 2. The fraction of sp³-hybridized carbons (Fsp3) is 0.300. The molecule has 0 aromatic heterocycles. The minimum atomic E-state index is -0.0804. The van der Waals surface area contributed by atoms with Gasteiger partial charge in [-0.05, 0) is 31.0 Å². The summed E-state index contributed by atoms with van der Waals surface area (Å²) in [5, 5.41) is 6.05. The molecule has 1 saturated heterocycles. The number of hydrogen-bond acceptors (Lipinski definition) is 3. The lowest BCUT2D eigenvalue weighted by atomic mass is 10.1. The van der Waals surface area contributed by atoms with Crippen molar-refractivity contribution in [2.45, 2.75) is 26.3 Å². The molecule has 2 aromatic rings. The lowest BCUT2D eigenvalue weighted by molar-refractivity contribution is -0.119. The number of nitrogens with one attached hydrogen (secondary N) is 2. The normalized spacial score (nSPS) is 13.8. The number of anilines is 2. The van der Waals surface area contributed by atoms with E-state index in [2.05, 4.69) is 10.6 Å². The Bertz CT molecular complexity index is 756. The quantitative estimate of drug-likeness (QED) is 0.852. The van der Waals surface area contributed by atoms with Crippen LogP contribution in [0, 0.1) is 6.92 Å². The van der Waals surface area contributed by atoms with Gasteiger partial charge in [-0.25, -0.2) is 0 Å². The number of carbonyl (C=O) groups excluding carboxylic acids is 2. The van der Waals surface area contributed by atoms with Crippen LogP contribution in [0.15, 0.2) is 48.5 Å². The Morgan fingerprint density at radius 1 is 1.12 bits per heavy atom. The molecule has 0 aliphatic carbocycles. The predicted molar refractivity (Wildman–Crippen MR) is 99.5 cm³/mol. The first-order chi connectivity index (χ1) is 12.1. The highest BCUT2D eigenvalue weighted by Crippen LogP contribution is 2.29. The second kappa shape index (κ2) is 7.83. The van der Waals surface area contributed by atoms with E-state index in [-0.39, 0.29) is 18.4 Å². The van der Waals surface area contributed by atoms with E-state index in [9.17, 15) is 9.59 Å². The van der Waals surface area contributed by atoms with Gasteiger partial charge in [0.05, 0.1) is 17.9 Å². The van der Waals surface area contributed by atoms with Gasteiger partial charge in [0.2, 0.25) is 11.8 Å². The fourth-order valence-electron chi connectivity index (χ4n) is 2.91. The van der Waals surface area contributed by atoms with Crippen LogP contribution in [0.25, 0.3) is 0 Å². The molecule has 1 aliphatic rings. The standard InChI is InChI=1S/C20H23N3O2/c1-15-8-10-16(11-9-15)13-22-19(24)14-21-17-5-2-3-6-18(17)23-12-4-7-20(23)25/h2-3,5-6,8-11,21H,4,7,12-14H2,1H3,(H,22,24). The van der Waals surface area contributed by atoms with Crippen LogP contribution in [0.1, 0.15) is 24.0 Å². The van der Waals surface area contributed by atoms with Crippen LogP contribution in [0.4, 0.5) is 11.4 Å². The molecule has 5 nitrogen and oxygen atoms in total. The van der Waals surface area contributed by atoms with Crippen LogP contribution in [0.5, 0.6) is 0 Å². The third-order valence-electron chi connectivity index (χ3n) is 4.32. The van der Waals surface area contributed by atoms with Gasteiger partial charge in [0.25, 0.3) is 0 Å². The van der Waals surface area contributed by atoms with E-state index in [0.717, 1.165) is 29.9 Å². The van der Waals surface area contributed by atoms with Crippen LogP contribution < -0.4 is 15.5 Å². The van der Waals surface area contributed by atoms with Gasteiger partial charge >= 0.3 is 0 Å². The lowest BCUT2D eigenvalue weighted by Gasteiger charge is -2.20. The van der Waals surface area contributed by atoms with Crippen molar-refractivity contribution in [2.75, 3.05) is 23.3 Å². The van der Waals surface area contributed by atoms with E-state index in [4.69, 9.17) is 0 Å². The zero-order valence-corrected chi connectivity index (χ0v) is 14.4. The van der Waals surface area contributed by atoms with Crippen LogP contribution in [-0.2, 0) is 16.1 Å². The van der Waals surface area contributed by atoms with E-state index in [1.54, 1.807) is 4.90 Å². The third-order valence-corrected chi connectivity index (χ3v) is 4.32. The fourth-order valence-corrected chi connectivity index (χ4v) is 2.91. The molecule has 1 fully saturated rings. The third kappa shape index (κ3) is 4.38. The van der Waals surface area contributed by atoms with E-state index in [1.807, 2.05) is 55.5 Å². The molecule has 0 atom stereocenters. The Hall–Kier alpha value is -2.82. The molecular formula is C20H23N3O2. The second-order valence-corrected chi connectivity index (χ2v) is 6.28. The largest absolute Gasteiger partial charge is 0.374 e. The highest BCUT2D eigenvalue weighted by molar-refractivity contribution is 5.98. The van der Waals surface area contributed by atoms with E-state index in [1.165, 1.54) is 5.56 Å². The first kappa shape index (κ1) is 17.0. The van der Waals surface area contributed by atoms with Crippen molar-refractivity contribution in [3.8, 4) is 0 Å². The summed E-state index contributed by atoms with van der Waals surface area (Å²) in [6.45, 7) is 3.45. The molecule has 0 saturated carbocycles. The number of aryl methyl sites for hydroxylation is 1. The summed E-state index contributed by atoms with van der Waals surface area (Å²) in [4.78, 5) is 25.9. The maximum absolute atomic E-state index is 12.1. The Morgan fingerprint density at radius 3 is 2.60 bits per heavy atom. The molecule has 3 rings (SSSR count). The number of amides is 2. The molecule has 0 spiro atoms. The lowest BCUT2D eigenvalue weighted by Crippen LogP contribution is -2.30. The summed E-state index contributed by atoms with van der Waals surface area (Å²) in [5.74, 6) is 0.0567. The van der Waals surface area contributed by atoms with Crippen molar-refractivity contribution in [3.05, 3.63) is 59.7 Å². The minimum absolute atomic E-state index is 0.0804. The highest BCUT2D eigenvalue weighted by Gasteiger charge is 2.23. The van der Waals surface area contributed by atoms with Gasteiger partial charge < -0.3 is 15.5 Å². The van der Waals surface area contributed by atoms with Gasteiger partial charge in [-0.1, -0.05) is 42.0 Å². The van der Waals surface area contributed by atoms with Crippen molar-refractivity contribution in [3.63, 3.8) is 0 Å². The molecule has 2 aromatic carbocycles. The van der Waals surface area contributed by atoms with Crippen LogP contribution in [-0.4, -0.2) is 24.9 Å². The number of para-hydroxylation sites is 2. The van der Waals surface area contributed by atoms with Crippen LogP contribution >= 0.6 is 0 Å². The number of nitrogens with zero attached hydrogens (tertiary/aromatic N) is 1. The van der Waals surface area contributed by atoms with Gasteiger partial charge in [0.1, 0.15) is 0 Å². The van der Waals surface area contributed by atoms with Gasteiger partial charge in [0.15, 0.2) is 0 Å². The molecule has 130 valence electrons. The highest BCUT2D eigenvalue weighted by atomic mass is 16.2. The Labute approximate surface area is 148 Å². The summed E-state index contributed by atoms with van der Waals surface area (Å²) in [6, 6.07) is 15.7. The SMILES string of the molecule is Cc1ccc(CNC(=O)CNc2ccccc2N2CCCC2=O)cc1. The molecule has 0 bridgehead atoms. The summed E-state index contributed by atoms with van der Waals surface area (Å²) in [7, 11) is 0. The smallest absolute Gasteiger partial charge is 0.239 e. The maximum atomic E-state index is 12.1. The molecule has 2 amide bonds. The van der Waals surface area contributed by atoms with E-state index < -0.39 is 0 Å². The van der Waals surface area contributed by atoms with Gasteiger partial charge in [-0.3, -0.25) is 9.59 Å². The molecular weight excluding hydrogens is 314 g/mol. The predicted octanol–water partition coefficient (Wildman–Crippen LogP) is 2.85. The average molecular weight is 337 g/mol. The Balaban J connectivity index is 1.55. The molecule has 1 heterocycles. The molecule has 2 N–H and O–H groups in total. The summed E-state index contributed by atoms with van der Waals surface area (Å²) >= 11 is 0. The summed E-state index contributed by atoms with van der Waals surface area (Å²) < 4.78 is 0. The topological polar surface area (TPSA) is 61.4 Å². The average Bonchev–Trinajstić information content (AvgIpc) is 3.05. The molecule has 0 radical (unpaired) electrons. The van der Waals surface area contributed by atoms with Crippen molar-refractivity contribution < 1.29 is 9.59 Å². The molecule has 5 heteroatoms. The second-order valence-electron chi connectivity index (χ2n) is 6.28. The first-order valence-electron chi connectivity index (χ1n) is 8.59. The monoisotopic (exact) mass is 337 g/mol. The van der Waals surface area contributed by atoms with Gasteiger partial charge in [-0.2, -0.15) is 0 Å². The van der Waals surface area contributed by atoms with E-state index >= 15 is 0 Å². The first-order valence-corrected chi connectivity index (χ1v) is 8.59. The summed E-state index contributed by atoms with van der Waals surface area (Å²) in [5.41, 5.74) is 3.92. The van der Waals surface area contributed by atoms with Gasteiger partial charge in [0, 0.05) is 19.5 Å². The Morgan fingerprint density at radius 2 is 1.88 bits per heavy atom. The summed E-state index contributed by atoms with van der Waals surface area (Å²) in [6.07, 6.45) is 1.47. The van der Waals surface area contributed by atoms with Crippen molar-refractivity contribution in [1.82, 2.24) is 5.32 Å². The zero-order valence-electron chi connectivity index (χ0n) is 14.4. The molecule has 0 unspecified atom stereocenters. The number of hydrogen-bond donors (Lipinski definition) is 2. The molecule has 25 heavy (non-hydrogen) atoms. The van der Waals surface area contributed by atoms with Crippen LogP contribution in [0.3, 0.4) is 0 Å². The maximum Gasteiger partial charge on any atom is 0.239 e. The molecule has 1 aliphatic heterocycles. The number of rotatable bonds is 6. The van der Waals surface area contributed by atoms with Crippen molar-refractivity contribution >= 4 is 23.2 Å². The Kier molecular flexibility index (Phi) is 5.33. The van der Waals surface area contributed by atoms with Crippen LogP contribution in [0.2, 0.25) is 0 Å². The minimum Gasteiger partial charge on any atom is -0.374 e. The van der Waals surface area contributed by atoms with Crippen molar-refractivity contribution in [2.24, 2.45) is 0 Å². The zero-order chi connectivity index (χ0) is 17.6. The van der Waals surface area contributed by atoms with E-state index in [0.29, 0.717) is 13.0 Å².